The molecular weight excluding hydrogens is 361 g/mol. The smallest absolute Gasteiger partial charge is 0.195 e. The van der Waals surface area contributed by atoms with E-state index in [9.17, 15) is 9.18 Å². The summed E-state index contributed by atoms with van der Waals surface area (Å²) in [6.45, 7) is 2.53. The minimum absolute atomic E-state index is 0.0416. The van der Waals surface area contributed by atoms with E-state index in [0.29, 0.717) is 22.7 Å². The Morgan fingerprint density at radius 2 is 1.70 bits per heavy atom. The van der Waals surface area contributed by atoms with Crippen molar-refractivity contribution in [1.29, 1.82) is 0 Å². The quantitative estimate of drug-likeness (QED) is 0.398. The second-order valence-corrected chi connectivity index (χ2v) is 7.09. The molecule has 4 rings (SSSR count). The fraction of sp³-hybridized carbons (Fsp3) is 0.0870. The highest BCUT2D eigenvalue weighted by Crippen LogP contribution is 2.28. The van der Waals surface area contributed by atoms with E-state index in [-0.39, 0.29) is 11.6 Å². The van der Waals surface area contributed by atoms with Gasteiger partial charge in [-0.2, -0.15) is 0 Å². The summed E-state index contributed by atoms with van der Waals surface area (Å²) in [5.41, 5.74) is 4.23. The number of carbonyl (C=O) groups excluding carboxylic acids is 1. The van der Waals surface area contributed by atoms with Crippen LogP contribution in [0.5, 0.6) is 0 Å². The lowest BCUT2D eigenvalue weighted by atomic mass is 10.0. The van der Waals surface area contributed by atoms with Crippen LogP contribution in [0.15, 0.2) is 72.9 Å². The molecule has 4 heteroatoms. The highest BCUT2D eigenvalue weighted by molar-refractivity contribution is 6.31. The van der Waals surface area contributed by atoms with Crippen LogP contribution >= 0.6 is 11.6 Å². The van der Waals surface area contributed by atoms with Gasteiger partial charge in [-0.1, -0.05) is 53.6 Å². The van der Waals surface area contributed by atoms with Gasteiger partial charge in [-0.25, -0.2) is 4.39 Å². The molecule has 1 heterocycles. The van der Waals surface area contributed by atoms with Crippen molar-refractivity contribution in [2.75, 3.05) is 0 Å². The highest BCUT2D eigenvalue weighted by atomic mass is 35.5. The number of halogens is 2. The van der Waals surface area contributed by atoms with Gasteiger partial charge >= 0.3 is 0 Å². The Kier molecular flexibility index (Phi) is 4.54. The van der Waals surface area contributed by atoms with Crippen molar-refractivity contribution in [1.82, 2.24) is 4.57 Å². The van der Waals surface area contributed by atoms with Crippen LogP contribution in [-0.4, -0.2) is 10.4 Å². The van der Waals surface area contributed by atoms with E-state index in [1.54, 1.807) is 12.1 Å². The third-order valence-corrected chi connectivity index (χ3v) is 4.90. The van der Waals surface area contributed by atoms with Gasteiger partial charge in [-0.3, -0.25) is 4.79 Å². The van der Waals surface area contributed by atoms with Gasteiger partial charge in [-0.05, 0) is 42.8 Å². The van der Waals surface area contributed by atoms with Crippen LogP contribution in [0.25, 0.3) is 10.9 Å². The predicted octanol–water partition coefficient (Wildman–Crippen LogP) is 6.02. The molecule has 4 aromatic rings. The highest BCUT2D eigenvalue weighted by Gasteiger charge is 2.17. The molecule has 0 aliphatic heterocycles. The first-order chi connectivity index (χ1) is 13.0. The van der Waals surface area contributed by atoms with Gasteiger partial charge in [0.1, 0.15) is 5.82 Å². The Morgan fingerprint density at radius 3 is 2.41 bits per heavy atom. The Bertz CT molecular complexity index is 1130. The summed E-state index contributed by atoms with van der Waals surface area (Å²) in [7, 11) is 0. The molecule has 0 fully saturated rings. The summed E-state index contributed by atoms with van der Waals surface area (Å²) in [6, 6.07) is 19.5. The van der Waals surface area contributed by atoms with Crippen molar-refractivity contribution in [2.24, 2.45) is 0 Å². The van der Waals surface area contributed by atoms with Crippen molar-refractivity contribution < 1.29 is 9.18 Å². The normalized spacial score (nSPS) is 11.1. The second-order valence-electron chi connectivity index (χ2n) is 6.65. The molecular formula is C23H17ClFNO. The molecule has 1 aromatic heterocycles. The number of hydrogen-bond donors (Lipinski definition) is 0. The second kappa shape index (κ2) is 7.01. The number of benzene rings is 3. The molecule has 27 heavy (non-hydrogen) atoms. The van der Waals surface area contributed by atoms with E-state index in [0.717, 1.165) is 22.0 Å². The number of fused-ring (bicyclic) bond motifs is 1. The van der Waals surface area contributed by atoms with Crippen LogP contribution in [0.4, 0.5) is 4.39 Å². The standard InChI is InChI=1S/C23H17ClFNO/c1-15-2-6-17(7-3-15)23(27)21-14-26(13-16-4-9-19(25)10-5-16)22-11-8-18(24)12-20(21)22/h2-12,14H,13H2,1H3. The van der Waals surface area contributed by atoms with E-state index in [1.807, 2.05) is 60.2 Å². The summed E-state index contributed by atoms with van der Waals surface area (Å²) in [5.74, 6) is -0.307. The summed E-state index contributed by atoms with van der Waals surface area (Å²) < 4.78 is 15.2. The first-order valence-corrected chi connectivity index (χ1v) is 9.03. The Hall–Kier alpha value is -2.91. The van der Waals surface area contributed by atoms with Crippen molar-refractivity contribution >= 4 is 28.3 Å². The summed E-state index contributed by atoms with van der Waals surface area (Å²) >= 11 is 6.19. The molecule has 0 atom stereocenters. The zero-order valence-corrected chi connectivity index (χ0v) is 15.5. The maximum atomic E-state index is 13.2. The zero-order valence-electron chi connectivity index (χ0n) is 14.7. The van der Waals surface area contributed by atoms with Crippen LogP contribution in [0.2, 0.25) is 5.02 Å². The van der Waals surface area contributed by atoms with Gasteiger partial charge in [0.05, 0.1) is 0 Å². The molecule has 0 N–H and O–H groups in total. The van der Waals surface area contributed by atoms with Crippen LogP contribution in [-0.2, 0) is 6.54 Å². The van der Waals surface area contributed by atoms with Gasteiger partial charge in [0.25, 0.3) is 0 Å². The van der Waals surface area contributed by atoms with Gasteiger partial charge < -0.3 is 4.57 Å². The molecule has 0 radical (unpaired) electrons. The molecule has 0 aliphatic carbocycles. The molecule has 3 aromatic carbocycles. The summed E-state index contributed by atoms with van der Waals surface area (Å²) in [5, 5.41) is 1.40. The van der Waals surface area contributed by atoms with Gasteiger partial charge in [0.2, 0.25) is 0 Å². The van der Waals surface area contributed by atoms with Gasteiger partial charge in [-0.15, -0.1) is 0 Å². The molecule has 0 aliphatic rings. The van der Waals surface area contributed by atoms with Gasteiger partial charge in [0, 0.05) is 39.8 Å². The number of carbonyl (C=O) groups is 1. The lowest BCUT2D eigenvalue weighted by Crippen LogP contribution is -2.01. The third-order valence-electron chi connectivity index (χ3n) is 4.67. The number of ketones is 1. The van der Waals surface area contributed by atoms with E-state index < -0.39 is 0 Å². The average molecular weight is 378 g/mol. The van der Waals surface area contributed by atoms with Crippen molar-refractivity contribution in [2.45, 2.75) is 13.5 Å². The molecule has 0 unspecified atom stereocenters. The first-order valence-electron chi connectivity index (χ1n) is 8.65. The SMILES string of the molecule is Cc1ccc(C(=O)c2cn(Cc3ccc(F)cc3)c3ccc(Cl)cc23)cc1. The first kappa shape index (κ1) is 17.5. The molecule has 0 saturated heterocycles. The number of aryl methyl sites for hydroxylation is 1. The molecule has 134 valence electrons. The fourth-order valence-corrected chi connectivity index (χ4v) is 3.40. The van der Waals surface area contributed by atoms with Crippen molar-refractivity contribution in [3.8, 4) is 0 Å². The van der Waals surface area contributed by atoms with Crippen molar-refractivity contribution in [3.05, 3.63) is 106 Å². The maximum Gasteiger partial charge on any atom is 0.195 e. The lowest BCUT2D eigenvalue weighted by molar-refractivity contribution is 0.104. The van der Waals surface area contributed by atoms with E-state index in [4.69, 9.17) is 11.6 Å². The summed E-state index contributed by atoms with van der Waals surface area (Å²) in [6.07, 6.45) is 1.85. The maximum absolute atomic E-state index is 13.2. The van der Waals surface area contributed by atoms with Gasteiger partial charge in [0.15, 0.2) is 5.78 Å². The van der Waals surface area contributed by atoms with E-state index in [1.165, 1.54) is 12.1 Å². The molecule has 0 spiro atoms. The largest absolute Gasteiger partial charge is 0.342 e. The Morgan fingerprint density at radius 1 is 1.00 bits per heavy atom. The van der Waals surface area contributed by atoms with Crippen LogP contribution < -0.4 is 0 Å². The molecule has 0 saturated carbocycles. The number of rotatable bonds is 4. The third kappa shape index (κ3) is 3.51. The predicted molar refractivity (Wildman–Crippen MR) is 107 cm³/mol. The Labute approximate surface area is 161 Å². The molecule has 2 nitrogen and oxygen atoms in total. The Balaban J connectivity index is 1.80. The molecule has 0 bridgehead atoms. The zero-order chi connectivity index (χ0) is 19.0. The minimum atomic E-state index is -0.266. The van der Waals surface area contributed by atoms with Crippen molar-refractivity contribution in [3.63, 3.8) is 0 Å². The molecule has 0 amide bonds. The number of nitrogens with zero attached hydrogens (tertiary/aromatic N) is 1. The monoisotopic (exact) mass is 377 g/mol. The van der Waals surface area contributed by atoms with E-state index in [2.05, 4.69) is 0 Å². The van der Waals surface area contributed by atoms with Crippen LogP contribution in [0.1, 0.15) is 27.0 Å². The fourth-order valence-electron chi connectivity index (χ4n) is 3.23. The van der Waals surface area contributed by atoms with E-state index >= 15 is 0 Å². The van der Waals surface area contributed by atoms with Crippen LogP contribution in [0, 0.1) is 12.7 Å². The number of hydrogen-bond acceptors (Lipinski definition) is 1. The lowest BCUT2D eigenvalue weighted by Gasteiger charge is -2.05. The topological polar surface area (TPSA) is 22.0 Å². The minimum Gasteiger partial charge on any atom is -0.342 e. The summed E-state index contributed by atoms with van der Waals surface area (Å²) in [4.78, 5) is 13.1. The average Bonchev–Trinajstić information content (AvgIpc) is 3.01. The number of aromatic nitrogens is 1. The van der Waals surface area contributed by atoms with Crippen LogP contribution in [0.3, 0.4) is 0 Å².